The zero-order valence-electron chi connectivity index (χ0n) is 8.27. The molecule has 0 aliphatic heterocycles. The smallest absolute Gasteiger partial charge is 0.0131 e. The first-order valence-electron chi connectivity index (χ1n) is 4.82. The minimum Gasteiger partial charge on any atom is -0.0761 e. The Hall–Kier alpha value is -1.56. The van der Waals surface area contributed by atoms with Gasteiger partial charge in [-0.2, -0.15) is 0 Å². The first-order valence-corrected chi connectivity index (χ1v) is 4.82. The summed E-state index contributed by atoms with van der Waals surface area (Å²) in [4.78, 5) is 0. The van der Waals surface area contributed by atoms with Crippen LogP contribution in [0.25, 0.3) is 0 Å². The van der Waals surface area contributed by atoms with E-state index in [1.165, 1.54) is 16.7 Å². The molecule has 0 spiro atoms. The minimum absolute atomic E-state index is 1.26. The molecule has 0 unspecified atom stereocenters. The first kappa shape index (κ1) is 9.01. The van der Waals surface area contributed by atoms with Gasteiger partial charge in [-0.1, -0.05) is 60.3 Å². The molecule has 1 radical (unpaired) electrons. The number of rotatable bonds is 0. The third-order valence-electron chi connectivity index (χ3n) is 2.27. The van der Waals surface area contributed by atoms with Gasteiger partial charge in [0.05, 0.1) is 0 Å². The number of hydrogen-bond acceptors (Lipinski definition) is 0. The van der Waals surface area contributed by atoms with Crippen molar-refractivity contribution in [1.82, 2.24) is 0 Å². The fourth-order valence-corrected chi connectivity index (χ4v) is 1.46. The Morgan fingerprint density at radius 2 is 1.57 bits per heavy atom. The van der Waals surface area contributed by atoms with Crippen LogP contribution in [0, 0.1) is 6.42 Å². The summed E-state index contributed by atoms with van der Waals surface area (Å²) in [5.41, 5.74) is 3.81. The predicted molar refractivity (Wildman–Crippen MR) is 61.6 cm³/mol. The molecule has 0 heteroatoms. The Morgan fingerprint density at radius 3 is 2.36 bits per heavy atom. The fourth-order valence-electron chi connectivity index (χ4n) is 1.46. The van der Waals surface area contributed by atoms with E-state index in [1.54, 1.807) is 0 Å². The van der Waals surface area contributed by atoms with E-state index < -0.39 is 0 Å². The molecule has 0 N–H and O–H groups in total. The van der Waals surface area contributed by atoms with Gasteiger partial charge in [-0.25, -0.2) is 0 Å². The Balaban J connectivity index is 2.32. The van der Waals surface area contributed by atoms with Crippen molar-refractivity contribution in [3.63, 3.8) is 0 Å². The maximum Gasteiger partial charge on any atom is 0.0131 e. The van der Waals surface area contributed by atoms with Gasteiger partial charge < -0.3 is 0 Å². The lowest BCUT2D eigenvalue weighted by Gasteiger charge is -2.04. The summed E-state index contributed by atoms with van der Waals surface area (Å²) >= 11 is 0. The van der Waals surface area contributed by atoms with Gasteiger partial charge in [0.1, 0.15) is 0 Å². The molecule has 0 aromatic heterocycles. The summed E-state index contributed by atoms with van der Waals surface area (Å²) in [6, 6.07) is 0. The lowest BCUT2D eigenvalue weighted by atomic mass is 10.0. The monoisotopic (exact) mass is 181 g/mol. The Kier molecular flexibility index (Phi) is 2.64. The van der Waals surface area contributed by atoms with Crippen molar-refractivity contribution in [2.24, 2.45) is 0 Å². The van der Waals surface area contributed by atoms with E-state index in [1.807, 2.05) is 6.08 Å². The van der Waals surface area contributed by atoms with Gasteiger partial charge in [-0.3, -0.25) is 0 Å². The molecule has 2 rings (SSSR count). The van der Waals surface area contributed by atoms with Crippen molar-refractivity contribution in [3.8, 4) is 0 Å². The van der Waals surface area contributed by atoms with E-state index in [-0.39, 0.29) is 0 Å². The molecule has 0 aromatic rings. The van der Waals surface area contributed by atoms with Crippen molar-refractivity contribution in [2.45, 2.75) is 6.92 Å². The summed E-state index contributed by atoms with van der Waals surface area (Å²) < 4.78 is 0. The second kappa shape index (κ2) is 4.10. The molecular formula is C14H13. The van der Waals surface area contributed by atoms with Crippen molar-refractivity contribution >= 4 is 0 Å². The van der Waals surface area contributed by atoms with Crippen molar-refractivity contribution in [2.75, 3.05) is 0 Å². The van der Waals surface area contributed by atoms with Crippen molar-refractivity contribution < 1.29 is 0 Å². The summed E-state index contributed by atoms with van der Waals surface area (Å²) in [5.74, 6) is 0. The quantitative estimate of drug-likeness (QED) is 0.534. The molecule has 0 saturated heterocycles. The molecule has 2 aliphatic rings. The molecule has 0 amide bonds. The van der Waals surface area contributed by atoms with Crippen LogP contribution in [0.1, 0.15) is 6.92 Å². The molecule has 0 saturated carbocycles. The van der Waals surface area contributed by atoms with Crippen molar-refractivity contribution in [3.05, 3.63) is 77.8 Å². The van der Waals surface area contributed by atoms with Gasteiger partial charge in [0.2, 0.25) is 0 Å². The number of hydrogen-bond donors (Lipinski definition) is 0. The van der Waals surface area contributed by atoms with Crippen molar-refractivity contribution in [1.29, 1.82) is 0 Å². The largest absolute Gasteiger partial charge is 0.0761 e. The van der Waals surface area contributed by atoms with Crippen LogP contribution >= 0.6 is 0 Å². The maximum atomic E-state index is 2.16. The van der Waals surface area contributed by atoms with Gasteiger partial charge in [0.25, 0.3) is 0 Å². The highest BCUT2D eigenvalue weighted by Crippen LogP contribution is 2.19. The Labute approximate surface area is 85.3 Å². The zero-order valence-corrected chi connectivity index (χ0v) is 8.27. The van der Waals surface area contributed by atoms with Gasteiger partial charge >= 0.3 is 0 Å². The van der Waals surface area contributed by atoms with Gasteiger partial charge in [-0.15, -0.1) is 0 Å². The minimum atomic E-state index is 1.26. The molecule has 0 atom stereocenters. The molecule has 0 fully saturated rings. The topological polar surface area (TPSA) is 0 Å². The summed E-state index contributed by atoms with van der Waals surface area (Å²) in [7, 11) is 0. The third-order valence-corrected chi connectivity index (χ3v) is 2.27. The highest BCUT2D eigenvalue weighted by Gasteiger charge is 2.00. The van der Waals surface area contributed by atoms with Crippen LogP contribution in [-0.2, 0) is 0 Å². The molecule has 0 bridgehead atoms. The van der Waals surface area contributed by atoms with E-state index in [9.17, 15) is 0 Å². The van der Waals surface area contributed by atoms with Crippen LogP contribution in [0.15, 0.2) is 71.4 Å². The van der Waals surface area contributed by atoms with Crippen LogP contribution < -0.4 is 0 Å². The summed E-state index contributed by atoms with van der Waals surface area (Å²) in [6.45, 7) is 2.11. The van der Waals surface area contributed by atoms with Gasteiger partial charge in [0.15, 0.2) is 0 Å². The van der Waals surface area contributed by atoms with Crippen LogP contribution in [-0.4, -0.2) is 0 Å². The van der Waals surface area contributed by atoms with E-state index in [2.05, 4.69) is 62.0 Å². The van der Waals surface area contributed by atoms with Crippen LogP contribution in [0.4, 0.5) is 0 Å². The lowest BCUT2D eigenvalue weighted by molar-refractivity contribution is 1.46. The zero-order chi connectivity index (χ0) is 9.80. The Bertz CT molecular complexity index is 396. The predicted octanol–water partition coefficient (Wildman–Crippen LogP) is 3.69. The molecule has 14 heavy (non-hydrogen) atoms. The van der Waals surface area contributed by atoms with Gasteiger partial charge in [-0.05, 0) is 18.1 Å². The molecular weight excluding hydrogens is 168 g/mol. The normalized spacial score (nSPS) is 25.1. The van der Waals surface area contributed by atoms with E-state index >= 15 is 0 Å². The average molecular weight is 181 g/mol. The first-order chi connectivity index (χ1) is 6.86. The van der Waals surface area contributed by atoms with E-state index in [4.69, 9.17) is 0 Å². The lowest BCUT2D eigenvalue weighted by Crippen LogP contribution is -1.86. The Morgan fingerprint density at radius 1 is 0.714 bits per heavy atom. The maximum absolute atomic E-state index is 2.16. The van der Waals surface area contributed by atoms with E-state index in [0.717, 1.165) is 0 Å². The summed E-state index contributed by atoms with van der Waals surface area (Å²) in [5, 5.41) is 0. The van der Waals surface area contributed by atoms with Crippen LogP contribution in [0.2, 0.25) is 0 Å². The molecule has 0 nitrogen and oxygen atoms in total. The molecule has 69 valence electrons. The fraction of sp³-hybridized carbons (Fsp3) is 0.0714. The number of allylic oxidation sites excluding steroid dienone is 12. The molecule has 0 heterocycles. The SMILES string of the molecule is CC1=CC=C/C(=C2/[CH]C=CC=C2)C=C1. The second-order valence-corrected chi connectivity index (χ2v) is 3.42. The summed E-state index contributed by atoms with van der Waals surface area (Å²) in [6.07, 6.45) is 21.1. The van der Waals surface area contributed by atoms with Gasteiger partial charge in [0, 0.05) is 6.42 Å². The van der Waals surface area contributed by atoms with E-state index in [0.29, 0.717) is 0 Å². The average Bonchev–Trinajstić information content (AvgIpc) is 2.44. The van der Waals surface area contributed by atoms with Crippen LogP contribution in [0.3, 0.4) is 0 Å². The third kappa shape index (κ3) is 2.02. The second-order valence-electron chi connectivity index (χ2n) is 3.42. The standard InChI is InChI=1S/C14H13/c1-12-6-5-9-14(11-10-12)13-7-3-2-4-8-13/h2-11H,1H3. The molecule has 2 aliphatic carbocycles. The highest BCUT2D eigenvalue weighted by atomic mass is 14.1. The van der Waals surface area contributed by atoms with Crippen LogP contribution in [0.5, 0.6) is 0 Å². The molecule has 0 aromatic carbocycles. The highest BCUT2D eigenvalue weighted by molar-refractivity contribution is 5.52.